The molecular weight excluding hydrogens is 274 g/mol. The minimum atomic E-state index is -0.618. The van der Waals surface area contributed by atoms with Crippen LogP contribution in [0.25, 0.3) is 0 Å². The van der Waals surface area contributed by atoms with Gasteiger partial charge in [-0.25, -0.2) is 0 Å². The van der Waals surface area contributed by atoms with Crippen molar-refractivity contribution < 1.29 is 9.90 Å². The van der Waals surface area contributed by atoms with Gasteiger partial charge in [0.15, 0.2) is 0 Å². The summed E-state index contributed by atoms with van der Waals surface area (Å²) in [5.74, 6) is -0.736. The van der Waals surface area contributed by atoms with Crippen molar-refractivity contribution in [1.82, 2.24) is 5.32 Å². The van der Waals surface area contributed by atoms with Gasteiger partial charge in [0, 0.05) is 18.0 Å². The van der Waals surface area contributed by atoms with Crippen molar-refractivity contribution in [2.75, 3.05) is 6.54 Å². The van der Waals surface area contributed by atoms with Crippen molar-refractivity contribution in [1.29, 1.82) is 0 Å². The molecule has 22 heavy (non-hydrogen) atoms. The highest BCUT2D eigenvalue weighted by Gasteiger charge is 2.45. The molecule has 2 N–H and O–H groups in total. The monoisotopic (exact) mass is 301 g/mol. The van der Waals surface area contributed by atoms with Crippen molar-refractivity contribution in [2.45, 2.75) is 63.8 Å². The molecule has 0 atom stereocenters. The molecule has 120 valence electrons. The maximum absolute atomic E-state index is 11.0. The molecule has 2 aliphatic rings. The number of aliphatic carboxylic acids is 1. The fourth-order valence-electron chi connectivity index (χ4n) is 3.99. The fourth-order valence-corrected chi connectivity index (χ4v) is 3.99. The van der Waals surface area contributed by atoms with E-state index in [1.54, 1.807) is 0 Å². The van der Waals surface area contributed by atoms with Crippen LogP contribution in [0.2, 0.25) is 0 Å². The maximum atomic E-state index is 11.0. The number of nitrogens with one attached hydrogen (secondary N) is 1. The first kappa shape index (κ1) is 15.5. The Balaban J connectivity index is 1.56. The molecule has 1 aromatic carbocycles. The van der Waals surface area contributed by atoms with Gasteiger partial charge in [-0.2, -0.15) is 0 Å². The van der Waals surface area contributed by atoms with Crippen LogP contribution in [0.3, 0.4) is 0 Å². The topological polar surface area (TPSA) is 49.3 Å². The molecular formula is C19H27NO2. The molecule has 0 unspecified atom stereocenters. The van der Waals surface area contributed by atoms with E-state index in [9.17, 15) is 4.79 Å². The van der Waals surface area contributed by atoms with Gasteiger partial charge < -0.3 is 10.4 Å². The number of carboxylic acid groups (broad SMARTS) is 1. The number of carbonyl (C=O) groups is 1. The van der Waals surface area contributed by atoms with E-state index in [-0.39, 0.29) is 5.92 Å². The van der Waals surface area contributed by atoms with Gasteiger partial charge in [-0.1, -0.05) is 23.8 Å². The van der Waals surface area contributed by atoms with Gasteiger partial charge in [-0.3, -0.25) is 4.79 Å². The summed E-state index contributed by atoms with van der Waals surface area (Å²) in [6.07, 6.45) is 6.19. The van der Waals surface area contributed by atoms with Gasteiger partial charge in [0.25, 0.3) is 0 Å². The Hall–Kier alpha value is -1.35. The first-order valence-corrected chi connectivity index (χ1v) is 8.54. The van der Waals surface area contributed by atoms with E-state index in [1.807, 2.05) is 0 Å². The van der Waals surface area contributed by atoms with Crippen LogP contribution in [0.4, 0.5) is 0 Å². The molecule has 0 amide bonds. The highest BCUT2D eigenvalue weighted by molar-refractivity contribution is 5.70. The number of hydrogen-bond acceptors (Lipinski definition) is 2. The Morgan fingerprint density at radius 3 is 2.45 bits per heavy atom. The van der Waals surface area contributed by atoms with Crippen LogP contribution in [0, 0.1) is 19.8 Å². The predicted octanol–water partition coefficient (Wildman–Crippen LogP) is 3.57. The summed E-state index contributed by atoms with van der Waals surface area (Å²) in [6.45, 7) is 5.41. The average molecular weight is 301 g/mol. The SMILES string of the molecule is Cc1ccc(C2(CNC3CCC(C(=O)O)CC3)CC2)c(C)c1. The Labute approximate surface area is 133 Å². The van der Waals surface area contributed by atoms with E-state index in [2.05, 4.69) is 37.4 Å². The van der Waals surface area contributed by atoms with E-state index in [0.29, 0.717) is 11.5 Å². The quantitative estimate of drug-likeness (QED) is 0.874. The molecule has 3 rings (SSSR count). The number of aryl methyl sites for hydroxylation is 2. The van der Waals surface area contributed by atoms with E-state index in [4.69, 9.17) is 5.11 Å². The predicted molar refractivity (Wildman–Crippen MR) is 88.2 cm³/mol. The highest BCUT2D eigenvalue weighted by atomic mass is 16.4. The standard InChI is InChI=1S/C19H27NO2/c1-13-3-8-17(14(2)11-13)19(9-10-19)12-20-16-6-4-15(5-7-16)18(21)22/h3,8,11,15-16,20H,4-7,9-10,12H2,1-2H3,(H,21,22). The largest absolute Gasteiger partial charge is 0.481 e. The summed E-state index contributed by atoms with van der Waals surface area (Å²) in [4.78, 5) is 11.0. The molecule has 1 aromatic rings. The zero-order valence-corrected chi connectivity index (χ0v) is 13.7. The number of hydrogen-bond donors (Lipinski definition) is 2. The van der Waals surface area contributed by atoms with Crippen molar-refractivity contribution in [3.8, 4) is 0 Å². The summed E-state index contributed by atoms with van der Waals surface area (Å²) < 4.78 is 0. The van der Waals surface area contributed by atoms with E-state index < -0.39 is 5.97 Å². The molecule has 0 saturated heterocycles. The molecule has 3 heteroatoms. The van der Waals surface area contributed by atoms with Crippen molar-refractivity contribution in [3.05, 3.63) is 34.9 Å². The zero-order valence-electron chi connectivity index (χ0n) is 13.7. The molecule has 0 heterocycles. The Morgan fingerprint density at radius 1 is 1.23 bits per heavy atom. The molecule has 0 radical (unpaired) electrons. The van der Waals surface area contributed by atoms with Gasteiger partial charge in [-0.15, -0.1) is 0 Å². The molecule has 0 aliphatic heterocycles. The molecule has 0 aromatic heterocycles. The molecule has 0 spiro atoms. The molecule has 0 bridgehead atoms. The second-order valence-electron chi connectivity index (χ2n) is 7.37. The van der Waals surface area contributed by atoms with Crippen LogP contribution in [0.15, 0.2) is 18.2 Å². The Morgan fingerprint density at radius 2 is 1.91 bits per heavy atom. The second kappa shape index (κ2) is 6.04. The van der Waals surface area contributed by atoms with Gasteiger partial charge in [-0.05, 0) is 63.5 Å². The third-order valence-electron chi connectivity index (χ3n) is 5.61. The third-order valence-corrected chi connectivity index (χ3v) is 5.61. The Bertz CT molecular complexity index is 555. The highest BCUT2D eigenvalue weighted by Crippen LogP contribution is 2.49. The van der Waals surface area contributed by atoms with Crippen molar-refractivity contribution in [2.24, 2.45) is 5.92 Å². The lowest BCUT2D eigenvalue weighted by molar-refractivity contribution is -0.142. The van der Waals surface area contributed by atoms with Crippen LogP contribution in [-0.4, -0.2) is 23.7 Å². The Kier molecular flexibility index (Phi) is 4.26. The first-order chi connectivity index (χ1) is 10.5. The van der Waals surface area contributed by atoms with Crippen LogP contribution < -0.4 is 5.32 Å². The van der Waals surface area contributed by atoms with Crippen LogP contribution in [-0.2, 0) is 10.2 Å². The number of benzene rings is 1. The van der Waals surface area contributed by atoms with Crippen LogP contribution in [0.5, 0.6) is 0 Å². The summed E-state index contributed by atoms with van der Waals surface area (Å²) in [7, 11) is 0. The van der Waals surface area contributed by atoms with Gasteiger partial charge in [0.2, 0.25) is 0 Å². The van der Waals surface area contributed by atoms with E-state index >= 15 is 0 Å². The smallest absolute Gasteiger partial charge is 0.306 e. The van der Waals surface area contributed by atoms with Gasteiger partial charge >= 0.3 is 5.97 Å². The van der Waals surface area contributed by atoms with Gasteiger partial charge in [0.1, 0.15) is 0 Å². The maximum Gasteiger partial charge on any atom is 0.306 e. The van der Waals surface area contributed by atoms with E-state index in [0.717, 1.165) is 32.2 Å². The normalized spacial score (nSPS) is 26.6. The summed E-state index contributed by atoms with van der Waals surface area (Å²) >= 11 is 0. The second-order valence-corrected chi connectivity index (χ2v) is 7.37. The molecule has 2 saturated carbocycles. The molecule has 3 nitrogen and oxygen atoms in total. The molecule has 2 fully saturated rings. The minimum Gasteiger partial charge on any atom is -0.481 e. The zero-order chi connectivity index (χ0) is 15.7. The van der Waals surface area contributed by atoms with Crippen molar-refractivity contribution >= 4 is 5.97 Å². The first-order valence-electron chi connectivity index (χ1n) is 8.54. The summed E-state index contributed by atoms with van der Waals surface area (Å²) in [6, 6.07) is 7.31. The van der Waals surface area contributed by atoms with Crippen LogP contribution in [0.1, 0.15) is 55.2 Å². The lowest BCUT2D eigenvalue weighted by Gasteiger charge is -2.29. The average Bonchev–Trinajstić information content (AvgIpc) is 3.26. The summed E-state index contributed by atoms with van der Waals surface area (Å²) in [5, 5.41) is 12.8. The minimum absolute atomic E-state index is 0.118. The van der Waals surface area contributed by atoms with E-state index in [1.165, 1.54) is 29.5 Å². The van der Waals surface area contributed by atoms with Gasteiger partial charge in [0.05, 0.1) is 5.92 Å². The fraction of sp³-hybridized carbons (Fsp3) is 0.632. The lowest BCUT2D eigenvalue weighted by Crippen LogP contribution is -2.39. The van der Waals surface area contributed by atoms with Crippen LogP contribution >= 0.6 is 0 Å². The number of rotatable bonds is 5. The summed E-state index contributed by atoms with van der Waals surface area (Å²) in [5.41, 5.74) is 4.58. The van der Waals surface area contributed by atoms with Crippen molar-refractivity contribution in [3.63, 3.8) is 0 Å². The molecule has 2 aliphatic carbocycles. The third kappa shape index (κ3) is 3.19. The lowest BCUT2D eigenvalue weighted by atomic mass is 9.85. The number of carboxylic acids is 1.